The Balaban J connectivity index is 2.04. The van der Waals surface area contributed by atoms with E-state index < -0.39 is 0 Å². The minimum atomic E-state index is 0.238. The molecule has 0 aliphatic rings. The molecule has 0 fully saturated rings. The summed E-state index contributed by atoms with van der Waals surface area (Å²) in [4.78, 5) is 1.15. The summed E-state index contributed by atoms with van der Waals surface area (Å²) in [5, 5.41) is 9.41. The van der Waals surface area contributed by atoms with Crippen LogP contribution in [-0.4, -0.2) is 5.11 Å². The van der Waals surface area contributed by atoms with Crippen LogP contribution in [0, 0.1) is 6.92 Å². The van der Waals surface area contributed by atoms with Gasteiger partial charge in [-0.05, 0) is 52.7 Å². The fourth-order valence-electron chi connectivity index (χ4n) is 1.40. The summed E-state index contributed by atoms with van der Waals surface area (Å²) in [5.74, 6) is 0.935. The first-order valence-corrected chi connectivity index (χ1v) is 6.42. The molecule has 16 heavy (non-hydrogen) atoms. The fourth-order valence-corrected chi connectivity index (χ4v) is 2.79. The number of hydrogen-bond acceptors (Lipinski definition) is 3. The lowest BCUT2D eigenvalue weighted by molar-refractivity contribution is 0.307. The summed E-state index contributed by atoms with van der Waals surface area (Å²) in [5.41, 5.74) is 0.988. The van der Waals surface area contributed by atoms with E-state index in [1.54, 1.807) is 23.5 Å². The standard InChI is InChI=1S/C12H11BrO2S/c1-8-4-9(14)6-10(5-8)15-7-11-2-3-12(13)16-11/h2-6,14H,7H2,1H3. The molecular weight excluding hydrogens is 288 g/mol. The third-order valence-electron chi connectivity index (χ3n) is 2.05. The smallest absolute Gasteiger partial charge is 0.123 e. The normalized spacial score (nSPS) is 10.4. The Hall–Kier alpha value is -1.000. The number of aromatic hydroxyl groups is 1. The highest BCUT2D eigenvalue weighted by Gasteiger charge is 2.01. The van der Waals surface area contributed by atoms with Crippen LogP contribution in [0.1, 0.15) is 10.4 Å². The number of aryl methyl sites for hydroxylation is 1. The van der Waals surface area contributed by atoms with Crippen LogP contribution >= 0.6 is 27.3 Å². The molecule has 84 valence electrons. The topological polar surface area (TPSA) is 29.5 Å². The van der Waals surface area contributed by atoms with Crippen molar-refractivity contribution in [1.29, 1.82) is 0 Å². The average molecular weight is 299 g/mol. The van der Waals surface area contributed by atoms with E-state index in [4.69, 9.17) is 4.74 Å². The minimum absolute atomic E-state index is 0.238. The van der Waals surface area contributed by atoms with Crippen LogP contribution in [0.3, 0.4) is 0 Å². The predicted molar refractivity (Wildman–Crippen MR) is 69.2 cm³/mol. The van der Waals surface area contributed by atoms with Crippen molar-refractivity contribution in [2.75, 3.05) is 0 Å². The number of halogens is 1. The molecule has 0 aliphatic heterocycles. The van der Waals surface area contributed by atoms with E-state index >= 15 is 0 Å². The molecule has 2 nitrogen and oxygen atoms in total. The summed E-state index contributed by atoms with van der Waals surface area (Å²) in [7, 11) is 0. The van der Waals surface area contributed by atoms with E-state index in [2.05, 4.69) is 15.9 Å². The van der Waals surface area contributed by atoms with Crippen LogP contribution in [0.15, 0.2) is 34.1 Å². The van der Waals surface area contributed by atoms with Crippen molar-refractivity contribution in [2.24, 2.45) is 0 Å². The van der Waals surface area contributed by atoms with Gasteiger partial charge in [0.25, 0.3) is 0 Å². The molecule has 0 unspecified atom stereocenters. The molecule has 2 rings (SSSR count). The molecule has 0 amide bonds. The van der Waals surface area contributed by atoms with Crippen molar-refractivity contribution in [3.63, 3.8) is 0 Å². The zero-order chi connectivity index (χ0) is 11.5. The molecule has 0 spiro atoms. The van der Waals surface area contributed by atoms with Gasteiger partial charge >= 0.3 is 0 Å². The lowest BCUT2D eigenvalue weighted by Gasteiger charge is -2.06. The van der Waals surface area contributed by atoms with Gasteiger partial charge in [-0.3, -0.25) is 0 Å². The van der Waals surface area contributed by atoms with Gasteiger partial charge in [0.05, 0.1) is 3.79 Å². The molecule has 1 heterocycles. The second-order valence-corrected chi connectivity index (χ2v) is 6.05. The van der Waals surface area contributed by atoms with Gasteiger partial charge in [0, 0.05) is 10.9 Å². The van der Waals surface area contributed by atoms with Crippen LogP contribution in [-0.2, 0) is 6.61 Å². The van der Waals surface area contributed by atoms with Gasteiger partial charge in [-0.2, -0.15) is 0 Å². The number of ether oxygens (including phenoxy) is 1. The molecule has 0 bridgehead atoms. The second-order valence-electron chi connectivity index (χ2n) is 3.50. The average Bonchev–Trinajstić information content (AvgIpc) is 2.60. The molecular formula is C12H11BrO2S. The van der Waals surface area contributed by atoms with Gasteiger partial charge < -0.3 is 9.84 Å². The van der Waals surface area contributed by atoms with Gasteiger partial charge in [-0.15, -0.1) is 11.3 Å². The fraction of sp³-hybridized carbons (Fsp3) is 0.167. The molecule has 1 aromatic heterocycles. The Morgan fingerprint density at radius 1 is 1.31 bits per heavy atom. The molecule has 0 radical (unpaired) electrons. The van der Waals surface area contributed by atoms with E-state index in [1.807, 2.05) is 25.1 Å². The molecule has 1 N–H and O–H groups in total. The van der Waals surface area contributed by atoms with Crippen molar-refractivity contribution in [1.82, 2.24) is 0 Å². The van der Waals surface area contributed by atoms with E-state index in [0.717, 1.165) is 14.2 Å². The van der Waals surface area contributed by atoms with Crippen molar-refractivity contribution in [3.8, 4) is 11.5 Å². The number of phenolic OH excluding ortho intramolecular Hbond substituents is 1. The summed E-state index contributed by atoms with van der Waals surface area (Å²) < 4.78 is 6.69. The van der Waals surface area contributed by atoms with E-state index in [0.29, 0.717) is 12.4 Å². The summed E-state index contributed by atoms with van der Waals surface area (Å²) in [6, 6.07) is 9.24. The minimum Gasteiger partial charge on any atom is -0.508 e. The Labute approximate surface area is 107 Å². The third-order valence-corrected chi connectivity index (χ3v) is 3.64. The van der Waals surface area contributed by atoms with Gasteiger partial charge in [0.1, 0.15) is 18.1 Å². The zero-order valence-electron chi connectivity index (χ0n) is 8.74. The first-order valence-electron chi connectivity index (χ1n) is 4.81. The maximum atomic E-state index is 9.41. The first kappa shape index (κ1) is 11.5. The second kappa shape index (κ2) is 4.89. The van der Waals surface area contributed by atoms with Crippen molar-refractivity contribution >= 4 is 27.3 Å². The summed E-state index contributed by atoms with van der Waals surface area (Å²) in [6.45, 7) is 2.45. The van der Waals surface area contributed by atoms with Crippen LogP contribution in [0.4, 0.5) is 0 Å². The molecule has 0 saturated heterocycles. The quantitative estimate of drug-likeness (QED) is 0.924. The van der Waals surface area contributed by atoms with Gasteiger partial charge in [-0.25, -0.2) is 0 Å². The van der Waals surface area contributed by atoms with Crippen LogP contribution in [0.5, 0.6) is 11.5 Å². The largest absolute Gasteiger partial charge is 0.508 e. The highest BCUT2D eigenvalue weighted by Crippen LogP contribution is 2.25. The Morgan fingerprint density at radius 2 is 2.12 bits per heavy atom. The number of benzene rings is 1. The highest BCUT2D eigenvalue weighted by atomic mass is 79.9. The summed E-state index contributed by atoms with van der Waals surface area (Å²) in [6.07, 6.45) is 0. The lowest BCUT2D eigenvalue weighted by Crippen LogP contribution is -1.92. The van der Waals surface area contributed by atoms with E-state index in [9.17, 15) is 5.11 Å². The number of phenols is 1. The lowest BCUT2D eigenvalue weighted by atomic mass is 10.2. The number of thiophene rings is 1. The Bertz CT molecular complexity index is 473. The van der Waals surface area contributed by atoms with Crippen molar-refractivity contribution < 1.29 is 9.84 Å². The maximum Gasteiger partial charge on any atom is 0.123 e. The molecule has 0 aliphatic carbocycles. The highest BCUT2D eigenvalue weighted by molar-refractivity contribution is 9.11. The van der Waals surface area contributed by atoms with Gasteiger partial charge in [0.2, 0.25) is 0 Å². The molecule has 0 saturated carbocycles. The van der Waals surface area contributed by atoms with Crippen molar-refractivity contribution in [3.05, 3.63) is 44.6 Å². The van der Waals surface area contributed by atoms with Gasteiger partial charge in [0.15, 0.2) is 0 Å². The first-order chi connectivity index (χ1) is 7.63. The monoisotopic (exact) mass is 298 g/mol. The Morgan fingerprint density at radius 3 is 2.75 bits per heavy atom. The Kier molecular flexibility index (Phi) is 3.51. The van der Waals surface area contributed by atoms with E-state index in [1.165, 1.54) is 0 Å². The molecule has 4 heteroatoms. The predicted octanol–water partition coefficient (Wildman–Crippen LogP) is 4.10. The third kappa shape index (κ3) is 3.00. The maximum absolute atomic E-state index is 9.41. The van der Waals surface area contributed by atoms with Crippen LogP contribution in [0.25, 0.3) is 0 Å². The van der Waals surface area contributed by atoms with E-state index in [-0.39, 0.29) is 5.75 Å². The van der Waals surface area contributed by atoms with Crippen LogP contribution in [0.2, 0.25) is 0 Å². The molecule has 2 aromatic rings. The van der Waals surface area contributed by atoms with Gasteiger partial charge in [-0.1, -0.05) is 0 Å². The number of hydrogen-bond donors (Lipinski definition) is 1. The summed E-state index contributed by atoms with van der Waals surface area (Å²) >= 11 is 5.05. The molecule has 1 aromatic carbocycles. The SMILES string of the molecule is Cc1cc(O)cc(OCc2ccc(Br)s2)c1. The number of rotatable bonds is 3. The van der Waals surface area contributed by atoms with Crippen LogP contribution < -0.4 is 4.74 Å². The molecule has 0 atom stereocenters. The zero-order valence-corrected chi connectivity index (χ0v) is 11.1. The van der Waals surface area contributed by atoms with Crippen molar-refractivity contribution in [2.45, 2.75) is 13.5 Å².